The molecule has 1 aromatic carbocycles. The molecule has 1 amide bonds. The Hall–Kier alpha value is -3.57. The number of alkyl halides is 3. The van der Waals surface area contributed by atoms with Crippen molar-refractivity contribution in [2.45, 2.75) is 50.1 Å². The number of aromatic nitrogens is 3. The molecule has 3 aromatic rings. The Labute approximate surface area is 201 Å². The van der Waals surface area contributed by atoms with E-state index in [1.165, 1.54) is 6.07 Å². The van der Waals surface area contributed by atoms with Crippen LogP contribution in [0.3, 0.4) is 0 Å². The van der Waals surface area contributed by atoms with Crippen LogP contribution in [0.5, 0.6) is 5.75 Å². The third-order valence-electron chi connectivity index (χ3n) is 7.51. The van der Waals surface area contributed by atoms with Crippen molar-refractivity contribution in [3.05, 3.63) is 59.0 Å². The molecule has 2 aromatic heterocycles. The van der Waals surface area contributed by atoms with E-state index in [1.54, 1.807) is 0 Å². The van der Waals surface area contributed by atoms with Gasteiger partial charge in [-0.15, -0.1) is 0 Å². The van der Waals surface area contributed by atoms with Gasteiger partial charge in [-0.3, -0.25) is 9.78 Å². The number of phenolic OH excluding ortho intramolecular Hbond substituents is 1. The summed E-state index contributed by atoms with van der Waals surface area (Å²) in [6.45, 7) is 0.332. The summed E-state index contributed by atoms with van der Waals surface area (Å²) >= 11 is 0. The van der Waals surface area contributed by atoms with Gasteiger partial charge in [0.2, 0.25) is 0 Å². The van der Waals surface area contributed by atoms with E-state index in [0.29, 0.717) is 12.4 Å². The molecule has 12 heteroatoms. The molecule has 2 heterocycles. The molecule has 2 N–H and O–H groups in total. The minimum Gasteiger partial charge on any atom is -0.503 e. The van der Waals surface area contributed by atoms with Crippen molar-refractivity contribution in [2.75, 3.05) is 6.54 Å². The van der Waals surface area contributed by atoms with Crippen LogP contribution in [-0.4, -0.2) is 32.7 Å². The number of hydrogen-bond acceptors (Lipinski definition) is 6. The van der Waals surface area contributed by atoms with Gasteiger partial charge in [0.15, 0.2) is 23.2 Å². The number of aromatic hydroxyl groups is 1. The zero-order chi connectivity index (χ0) is 25.7. The van der Waals surface area contributed by atoms with Gasteiger partial charge in [0.05, 0.1) is 5.56 Å². The molecule has 2 bridgehead atoms. The highest BCUT2D eigenvalue weighted by Gasteiger charge is 2.51. The minimum atomic E-state index is -4.49. The van der Waals surface area contributed by atoms with Crippen LogP contribution in [0.15, 0.2) is 35.0 Å². The topological polar surface area (TPSA) is 101 Å². The highest BCUT2D eigenvalue weighted by Crippen LogP contribution is 2.57. The number of rotatable bonds is 5. The SMILES string of the molecule is O=C(NCC12CCC(c3noc(-c4ccc(C(F)(F)F)cn4)n3)(CC1)CC2)c1cc(F)c(O)c(F)c1. The molecule has 7 nitrogen and oxygen atoms in total. The lowest BCUT2D eigenvalue weighted by atomic mass is 9.53. The van der Waals surface area contributed by atoms with E-state index in [9.17, 15) is 31.9 Å². The third kappa shape index (κ3) is 4.28. The van der Waals surface area contributed by atoms with Crippen LogP contribution in [0.2, 0.25) is 0 Å². The minimum absolute atomic E-state index is 0.0520. The second-order valence-electron chi connectivity index (χ2n) is 9.60. The van der Waals surface area contributed by atoms with Crippen LogP contribution >= 0.6 is 0 Å². The second-order valence-corrected chi connectivity index (χ2v) is 9.60. The Bertz CT molecular complexity index is 1260. The summed E-state index contributed by atoms with van der Waals surface area (Å²) in [6.07, 6.45) is 0.690. The normalized spacial score (nSPS) is 23.6. The van der Waals surface area contributed by atoms with Crippen LogP contribution in [0, 0.1) is 17.0 Å². The maximum atomic E-state index is 13.6. The molecule has 190 valence electrons. The van der Waals surface area contributed by atoms with Crippen molar-refractivity contribution >= 4 is 5.91 Å². The van der Waals surface area contributed by atoms with Crippen LogP contribution in [0.4, 0.5) is 22.0 Å². The van der Waals surface area contributed by atoms with Gasteiger partial charge in [0.25, 0.3) is 11.8 Å². The van der Waals surface area contributed by atoms with Crippen molar-refractivity contribution in [3.63, 3.8) is 0 Å². The molecule has 0 unspecified atom stereocenters. The summed E-state index contributed by atoms with van der Waals surface area (Å²) in [4.78, 5) is 20.7. The summed E-state index contributed by atoms with van der Waals surface area (Å²) in [7, 11) is 0. The quantitative estimate of drug-likeness (QED) is 0.462. The number of carbonyl (C=O) groups is 1. The molecule has 0 atom stereocenters. The fraction of sp³-hybridized carbons (Fsp3) is 0.417. The Morgan fingerprint density at radius 3 is 2.25 bits per heavy atom. The smallest absolute Gasteiger partial charge is 0.417 e. The van der Waals surface area contributed by atoms with Gasteiger partial charge >= 0.3 is 6.18 Å². The maximum absolute atomic E-state index is 13.6. The summed E-state index contributed by atoms with van der Waals surface area (Å²) in [5, 5.41) is 16.1. The first-order valence-corrected chi connectivity index (χ1v) is 11.3. The number of benzene rings is 1. The number of nitrogens with one attached hydrogen (secondary N) is 1. The Morgan fingerprint density at radius 1 is 1.06 bits per heavy atom. The molecular weight excluding hydrogens is 487 g/mol. The number of amides is 1. The molecule has 36 heavy (non-hydrogen) atoms. The van der Waals surface area contributed by atoms with E-state index in [-0.39, 0.29) is 28.0 Å². The van der Waals surface area contributed by atoms with Gasteiger partial charge in [-0.1, -0.05) is 5.16 Å². The molecule has 0 spiro atoms. The van der Waals surface area contributed by atoms with Crippen molar-refractivity contribution in [1.82, 2.24) is 20.4 Å². The van der Waals surface area contributed by atoms with E-state index >= 15 is 0 Å². The highest BCUT2D eigenvalue weighted by atomic mass is 19.4. The first-order valence-electron chi connectivity index (χ1n) is 11.3. The zero-order valence-electron chi connectivity index (χ0n) is 18.8. The number of pyridine rings is 1. The fourth-order valence-corrected chi connectivity index (χ4v) is 5.16. The average Bonchev–Trinajstić information content (AvgIpc) is 3.38. The molecule has 6 rings (SSSR count). The summed E-state index contributed by atoms with van der Waals surface area (Å²) in [6, 6.07) is 3.68. The molecular formula is C24H21F5N4O3. The maximum Gasteiger partial charge on any atom is 0.417 e. The molecule has 0 aliphatic heterocycles. The van der Waals surface area contributed by atoms with Crippen LogP contribution in [0.25, 0.3) is 11.6 Å². The predicted octanol–water partition coefficient (Wildman–Crippen LogP) is 5.16. The lowest BCUT2D eigenvalue weighted by Crippen LogP contribution is -2.49. The number of hydrogen-bond donors (Lipinski definition) is 2. The molecule has 3 saturated carbocycles. The van der Waals surface area contributed by atoms with Gasteiger partial charge in [-0.25, -0.2) is 8.78 Å². The lowest BCUT2D eigenvalue weighted by Gasteiger charge is -2.52. The number of nitrogens with zero attached hydrogens (tertiary/aromatic N) is 3. The predicted molar refractivity (Wildman–Crippen MR) is 115 cm³/mol. The van der Waals surface area contributed by atoms with Gasteiger partial charge in [-0.2, -0.15) is 18.2 Å². The Kier molecular flexibility index (Phi) is 5.72. The van der Waals surface area contributed by atoms with E-state index in [0.717, 1.165) is 62.9 Å². The van der Waals surface area contributed by atoms with Crippen LogP contribution in [0.1, 0.15) is 60.3 Å². The first kappa shape index (κ1) is 24.1. The zero-order valence-corrected chi connectivity index (χ0v) is 18.8. The Balaban J connectivity index is 1.23. The van der Waals surface area contributed by atoms with Crippen LogP contribution < -0.4 is 5.32 Å². The molecule has 3 aliphatic carbocycles. The van der Waals surface area contributed by atoms with Crippen molar-refractivity contribution in [3.8, 4) is 17.3 Å². The van der Waals surface area contributed by atoms with Gasteiger partial charge < -0.3 is 14.9 Å². The molecule has 0 saturated heterocycles. The third-order valence-corrected chi connectivity index (χ3v) is 7.51. The summed E-state index contributed by atoms with van der Waals surface area (Å²) < 4.78 is 70.8. The number of halogens is 5. The molecule has 3 fully saturated rings. The van der Waals surface area contributed by atoms with Gasteiger partial charge in [0.1, 0.15) is 5.69 Å². The molecule has 0 radical (unpaired) electrons. The average molecular weight is 508 g/mol. The van der Waals surface area contributed by atoms with Gasteiger partial charge in [0, 0.05) is 23.7 Å². The van der Waals surface area contributed by atoms with Crippen LogP contribution in [-0.2, 0) is 11.6 Å². The first-order chi connectivity index (χ1) is 17.0. The number of phenols is 1. The lowest BCUT2D eigenvalue weighted by molar-refractivity contribution is -0.137. The summed E-state index contributed by atoms with van der Waals surface area (Å²) in [5.41, 5.74) is -1.43. The number of carbonyl (C=O) groups excluding carboxylic acids is 1. The number of fused-ring (bicyclic) bond motifs is 3. The molecule has 3 aliphatic rings. The summed E-state index contributed by atoms with van der Waals surface area (Å²) in [5.74, 6) is -3.62. The van der Waals surface area contributed by atoms with E-state index in [4.69, 9.17) is 4.52 Å². The standard InChI is InChI=1S/C24H21F5N4O3/c25-15-9-13(10-16(26)18(15)34)19(35)31-12-22-3-6-23(7-4-22,8-5-22)21-32-20(36-33-21)17-2-1-14(11-30-17)24(27,28)29/h1-2,9-11,34H,3-8,12H2,(H,31,35). The second kappa shape index (κ2) is 8.52. The fourth-order valence-electron chi connectivity index (χ4n) is 5.16. The van der Waals surface area contributed by atoms with E-state index in [2.05, 4.69) is 20.4 Å². The van der Waals surface area contributed by atoms with Gasteiger partial charge in [-0.05, 0) is 68.2 Å². The van der Waals surface area contributed by atoms with Crippen molar-refractivity contribution in [1.29, 1.82) is 0 Å². The van der Waals surface area contributed by atoms with Crippen molar-refractivity contribution in [2.24, 2.45) is 5.41 Å². The van der Waals surface area contributed by atoms with E-state index in [1.807, 2.05) is 0 Å². The highest BCUT2D eigenvalue weighted by molar-refractivity contribution is 5.94. The largest absolute Gasteiger partial charge is 0.503 e. The Morgan fingerprint density at radius 2 is 1.69 bits per heavy atom. The van der Waals surface area contributed by atoms with Crippen molar-refractivity contribution < 1.29 is 36.4 Å². The van der Waals surface area contributed by atoms with E-state index < -0.39 is 35.0 Å². The monoisotopic (exact) mass is 508 g/mol.